The van der Waals surface area contributed by atoms with Crippen molar-refractivity contribution in [1.29, 1.82) is 5.26 Å². The fourth-order valence-corrected chi connectivity index (χ4v) is 11.5. The standard InChI is InChI=1S/C47H42FN4O17PS2/c1-23-30(37-12-13-38(71-37)72(61,62)52-22-70(59,60)69-29-9-8-28(21-49)34(48)18-29)10-11-31(32-19-35-44(67-26(4)55)40(42(32)65-24(2)53)46(57)50-14-6-16-63-35)39(23)33-20-36-45(68-27(5)56)41(43(33)66-25(3)54)47(58)51-15-7-17-64-36/h8-13,18-20,52H,6-7,14-17,22H2,1-5H3,(H,50,57)(H,51,58)(H,59,60). The number of amides is 2. The van der Waals surface area contributed by atoms with E-state index in [0.717, 1.165) is 39.8 Å². The molecule has 0 aliphatic carbocycles. The van der Waals surface area contributed by atoms with Crippen molar-refractivity contribution in [1.82, 2.24) is 15.4 Å². The number of nitriles is 1. The molecule has 376 valence electrons. The molecule has 0 radical (unpaired) electrons. The quantitative estimate of drug-likeness (QED) is 0.0572. The van der Waals surface area contributed by atoms with Gasteiger partial charge in [-0.3, -0.25) is 28.8 Å². The van der Waals surface area contributed by atoms with E-state index in [1.165, 1.54) is 30.3 Å². The second-order valence-corrected chi connectivity index (χ2v) is 20.6. The summed E-state index contributed by atoms with van der Waals surface area (Å²) in [6.45, 7) is 6.06. The Labute approximate surface area is 413 Å². The lowest BCUT2D eigenvalue weighted by Crippen LogP contribution is -2.26. The van der Waals surface area contributed by atoms with Crippen LogP contribution in [0.3, 0.4) is 0 Å². The van der Waals surface area contributed by atoms with E-state index in [1.807, 2.05) is 4.72 Å². The highest BCUT2D eigenvalue weighted by molar-refractivity contribution is 7.92. The first kappa shape index (κ1) is 52.2. The van der Waals surface area contributed by atoms with Gasteiger partial charge in [0.15, 0.2) is 34.5 Å². The summed E-state index contributed by atoms with van der Waals surface area (Å²) in [5, 5.41) is 14.4. The molecule has 0 spiro atoms. The Hall–Kier alpha value is -7.68. The number of esters is 4. The van der Waals surface area contributed by atoms with Gasteiger partial charge >= 0.3 is 31.5 Å². The van der Waals surface area contributed by atoms with Gasteiger partial charge in [-0.15, -0.1) is 11.3 Å². The molecule has 2 aliphatic heterocycles. The van der Waals surface area contributed by atoms with Crippen molar-refractivity contribution < 1.29 is 84.0 Å². The van der Waals surface area contributed by atoms with Crippen LogP contribution < -0.4 is 48.3 Å². The third kappa shape index (κ3) is 11.4. The molecular weight excluding hydrogens is 1010 g/mol. The smallest absolute Gasteiger partial charge is 0.391 e. The number of fused-ring (bicyclic) bond motifs is 4. The van der Waals surface area contributed by atoms with Crippen LogP contribution in [0.25, 0.3) is 32.7 Å². The second-order valence-electron chi connectivity index (χ2n) is 15.8. The summed E-state index contributed by atoms with van der Waals surface area (Å²) >= 11 is 0.708. The molecule has 25 heteroatoms. The molecule has 1 aromatic heterocycles. The number of thiophene rings is 1. The van der Waals surface area contributed by atoms with Crippen molar-refractivity contribution in [3.8, 4) is 79.0 Å². The van der Waals surface area contributed by atoms with E-state index >= 15 is 0 Å². The van der Waals surface area contributed by atoms with Crippen LogP contribution in [0.4, 0.5) is 4.39 Å². The number of carbonyl (C=O) groups excluding carboxylic acids is 6. The van der Waals surface area contributed by atoms with E-state index in [9.17, 15) is 51.0 Å². The number of ether oxygens (including phenoxy) is 6. The molecule has 4 aromatic carbocycles. The summed E-state index contributed by atoms with van der Waals surface area (Å²) in [7, 11) is -9.41. The number of benzene rings is 4. The molecule has 7 rings (SSSR count). The van der Waals surface area contributed by atoms with Crippen LogP contribution in [0, 0.1) is 24.1 Å². The molecule has 5 aromatic rings. The number of halogens is 1. The molecular formula is C47H42FN4O17PS2. The van der Waals surface area contributed by atoms with Crippen molar-refractivity contribution >= 4 is 64.6 Å². The molecule has 3 heterocycles. The first-order valence-electron chi connectivity index (χ1n) is 21.5. The molecule has 0 fully saturated rings. The minimum Gasteiger partial charge on any atom is -0.490 e. The van der Waals surface area contributed by atoms with Crippen molar-refractivity contribution in [3.63, 3.8) is 0 Å². The molecule has 4 N–H and O–H groups in total. The average molecular weight is 1050 g/mol. The third-order valence-corrected chi connectivity index (χ3v) is 14.7. The fraction of sp³-hybridized carbons (Fsp3) is 0.255. The van der Waals surface area contributed by atoms with Crippen LogP contribution in [0.1, 0.15) is 72.4 Å². The van der Waals surface area contributed by atoms with Gasteiger partial charge in [-0.2, -0.15) is 9.98 Å². The Morgan fingerprint density at radius 3 is 1.79 bits per heavy atom. The van der Waals surface area contributed by atoms with E-state index in [1.54, 1.807) is 19.1 Å². The van der Waals surface area contributed by atoms with Crippen LogP contribution in [-0.2, 0) is 33.8 Å². The van der Waals surface area contributed by atoms with Gasteiger partial charge < -0.3 is 48.5 Å². The van der Waals surface area contributed by atoms with Gasteiger partial charge in [-0.25, -0.2) is 17.4 Å². The maximum Gasteiger partial charge on any atom is 0.391 e. The first-order valence-corrected chi connectivity index (χ1v) is 25.6. The SMILES string of the molecule is CC(=O)Oc1c2cc(-c3ccc(-c4ccc(S(=O)(=O)NCP(=O)(O)Oc5ccc(C#N)c(F)c5)s4)c(C)c3-c3cc4c(OC(C)=O)c(c3OC(C)=O)C(=O)NCCCO4)c(OC(C)=O)c1C(=O)NCCCO2. The highest BCUT2D eigenvalue weighted by Crippen LogP contribution is 2.54. The van der Waals surface area contributed by atoms with Crippen LogP contribution in [-0.4, -0.2) is 81.6 Å². The Balaban J connectivity index is 1.48. The average Bonchev–Trinajstić information content (AvgIpc) is 3.82. The zero-order chi connectivity index (χ0) is 52.2. The van der Waals surface area contributed by atoms with Gasteiger partial charge in [0.25, 0.3) is 21.8 Å². The minimum absolute atomic E-state index is 0.00801. The number of rotatable bonds is 13. The lowest BCUT2D eigenvalue weighted by atomic mass is 9.85. The zero-order valence-electron chi connectivity index (χ0n) is 38.7. The van der Waals surface area contributed by atoms with Gasteiger partial charge in [0.1, 0.15) is 39.3 Å². The van der Waals surface area contributed by atoms with Gasteiger partial charge in [-0.05, 0) is 78.4 Å². The Morgan fingerprint density at radius 2 is 1.26 bits per heavy atom. The lowest BCUT2D eigenvalue weighted by Gasteiger charge is -2.25. The second kappa shape index (κ2) is 21.4. The van der Waals surface area contributed by atoms with E-state index in [2.05, 4.69) is 10.6 Å². The van der Waals surface area contributed by atoms with Crippen molar-refractivity contribution in [2.75, 3.05) is 32.6 Å². The molecule has 2 aliphatic rings. The highest BCUT2D eigenvalue weighted by atomic mass is 32.2. The van der Waals surface area contributed by atoms with Crippen molar-refractivity contribution in [2.24, 2.45) is 0 Å². The number of sulfonamides is 1. The Morgan fingerprint density at radius 1 is 0.750 bits per heavy atom. The number of hydrogen-bond donors (Lipinski definition) is 4. The summed E-state index contributed by atoms with van der Waals surface area (Å²) in [6.07, 6.45) is -0.568. The predicted molar refractivity (Wildman–Crippen MR) is 252 cm³/mol. The van der Waals surface area contributed by atoms with Crippen molar-refractivity contribution in [3.05, 3.63) is 82.7 Å². The lowest BCUT2D eigenvalue weighted by molar-refractivity contribution is -0.133. The van der Waals surface area contributed by atoms with E-state index in [4.69, 9.17) is 38.2 Å². The van der Waals surface area contributed by atoms with Crippen molar-refractivity contribution in [2.45, 2.75) is 51.7 Å². The van der Waals surface area contributed by atoms with E-state index in [0.29, 0.717) is 29.4 Å². The van der Waals surface area contributed by atoms with E-state index < -0.39 is 93.8 Å². The Kier molecular flexibility index (Phi) is 15.5. The molecule has 1 atom stereocenters. The highest BCUT2D eigenvalue weighted by Gasteiger charge is 2.36. The van der Waals surface area contributed by atoms with Gasteiger partial charge in [-0.1, -0.05) is 12.1 Å². The summed E-state index contributed by atoms with van der Waals surface area (Å²) in [5.41, 5.74) is -0.593. The summed E-state index contributed by atoms with van der Waals surface area (Å²) in [5.74, 6) is -8.59. The fourth-order valence-electron chi connectivity index (χ4n) is 7.58. The minimum atomic E-state index is -4.82. The summed E-state index contributed by atoms with van der Waals surface area (Å²) in [6, 6.07) is 12.7. The molecule has 0 saturated carbocycles. The Bertz CT molecular complexity index is 3310. The molecule has 21 nitrogen and oxygen atoms in total. The summed E-state index contributed by atoms with van der Waals surface area (Å²) < 4.78 is 96.2. The molecule has 4 bridgehead atoms. The molecule has 2 amide bonds. The van der Waals surface area contributed by atoms with Gasteiger partial charge in [0, 0.05) is 62.9 Å². The maximum absolute atomic E-state index is 14.2. The number of hydrogen-bond acceptors (Lipinski definition) is 18. The molecule has 0 saturated heterocycles. The van der Waals surface area contributed by atoms with Crippen LogP contribution in [0.5, 0.6) is 40.2 Å². The predicted octanol–water partition coefficient (Wildman–Crippen LogP) is 6.29. The maximum atomic E-state index is 14.2. The van der Waals surface area contributed by atoms with Crippen LogP contribution >= 0.6 is 18.9 Å². The molecule has 1 unspecified atom stereocenters. The largest absolute Gasteiger partial charge is 0.490 e. The normalized spacial score (nSPS) is 14.2. The monoisotopic (exact) mass is 1050 g/mol. The zero-order valence-corrected chi connectivity index (χ0v) is 41.2. The van der Waals surface area contributed by atoms with E-state index in [-0.39, 0.29) is 98.2 Å². The number of carbonyl (C=O) groups is 6. The summed E-state index contributed by atoms with van der Waals surface area (Å²) in [4.78, 5) is 90.3. The van der Waals surface area contributed by atoms with Gasteiger partial charge in [0.05, 0.1) is 18.8 Å². The van der Waals surface area contributed by atoms with Gasteiger partial charge in [0.2, 0.25) is 0 Å². The van der Waals surface area contributed by atoms with Crippen LogP contribution in [0.15, 0.2) is 58.8 Å². The molecule has 72 heavy (non-hydrogen) atoms. The number of nitrogens with zero attached hydrogens (tertiary/aromatic N) is 1. The topological polar surface area (TPSA) is 298 Å². The van der Waals surface area contributed by atoms with Crippen LogP contribution in [0.2, 0.25) is 0 Å². The first-order chi connectivity index (χ1) is 34.1. The number of nitrogens with one attached hydrogen (secondary N) is 3. The third-order valence-electron chi connectivity index (χ3n) is 10.5.